The minimum atomic E-state index is -0.983. The van der Waals surface area contributed by atoms with Gasteiger partial charge in [0.1, 0.15) is 11.5 Å². The lowest BCUT2D eigenvalue weighted by Crippen LogP contribution is -2.34. The molecule has 182 valence electrons. The lowest BCUT2D eigenvalue weighted by molar-refractivity contribution is -0.157. The number of benzene rings is 1. The third kappa shape index (κ3) is 7.39. The van der Waals surface area contributed by atoms with Crippen molar-refractivity contribution in [2.24, 2.45) is 0 Å². The zero-order valence-corrected chi connectivity index (χ0v) is 20.2. The Morgan fingerprint density at radius 1 is 1.18 bits per heavy atom. The van der Waals surface area contributed by atoms with E-state index in [1.807, 2.05) is 26.0 Å². The third-order valence-corrected chi connectivity index (χ3v) is 6.03. The zero-order valence-electron chi connectivity index (χ0n) is 20.2. The monoisotopic (exact) mass is 459 g/mol. The predicted octanol–water partition coefficient (Wildman–Crippen LogP) is 5.50. The molecule has 1 aliphatic rings. The first-order valence-electron chi connectivity index (χ1n) is 12.0. The molecular weight excluding hydrogens is 422 g/mol. The van der Waals surface area contributed by atoms with Crippen LogP contribution >= 0.6 is 0 Å². The van der Waals surface area contributed by atoms with Crippen molar-refractivity contribution in [1.29, 1.82) is 0 Å². The highest BCUT2D eigenvalue weighted by molar-refractivity contribution is 5.72. The molecule has 3 atom stereocenters. The van der Waals surface area contributed by atoms with Crippen LogP contribution in [0.2, 0.25) is 0 Å². The lowest BCUT2D eigenvalue weighted by atomic mass is 9.95. The molecule has 0 radical (unpaired) electrons. The van der Waals surface area contributed by atoms with Gasteiger partial charge in [0.2, 0.25) is 5.89 Å². The molecule has 0 bridgehead atoms. The summed E-state index contributed by atoms with van der Waals surface area (Å²) in [5, 5.41) is 9.29. The SMILES string of the molecule is CCCOC(COC1CCCC(OCc2nc(-c3ccc(C(C)C)cc3)oc2C)C1)C(=O)O. The van der Waals surface area contributed by atoms with Crippen molar-refractivity contribution in [3.63, 3.8) is 0 Å². The van der Waals surface area contributed by atoms with Crippen molar-refractivity contribution in [1.82, 2.24) is 4.98 Å². The summed E-state index contributed by atoms with van der Waals surface area (Å²) in [6.45, 7) is 9.06. The molecule has 7 nitrogen and oxygen atoms in total. The largest absolute Gasteiger partial charge is 0.479 e. The Morgan fingerprint density at radius 3 is 2.52 bits per heavy atom. The van der Waals surface area contributed by atoms with Crippen molar-refractivity contribution in [2.45, 2.75) is 90.6 Å². The summed E-state index contributed by atoms with van der Waals surface area (Å²) in [6, 6.07) is 8.31. The average molecular weight is 460 g/mol. The molecule has 1 aromatic carbocycles. The van der Waals surface area contributed by atoms with Crippen LogP contribution in [0, 0.1) is 6.92 Å². The van der Waals surface area contributed by atoms with Gasteiger partial charge in [0.15, 0.2) is 6.10 Å². The molecule has 1 aromatic heterocycles. The summed E-state index contributed by atoms with van der Waals surface area (Å²) in [4.78, 5) is 16.0. The number of aromatic nitrogens is 1. The summed E-state index contributed by atoms with van der Waals surface area (Å²) < 4.78 is 23.3. The van der Waals surface area contributed by atoms with Gasteiger partial charge in [0, 0.05) is 12.2 Å². The van der Waals surface area contributed by atoms with Gasteiger partial charge in [0.25, 0.3) is 0 Å². The second-order valence-electron chi connectivity index (χ2n) is 9.05. The normalized spacial score (nSPS) is 19.7. The van der Waals surface area contributed by atoms with Crippen LogP contribution < -0.4 is 0 Å². The van der Waals surface area contributed by atoms with Gasteiger partial charge < -0.3 is 23.7 Å². The molecule has 1 N–H and O–H groups in total. The first-order chi connectivity index (χ1) is 15.9. The van der Waals surface area contributed by atoms with E-state index in [0.717, 1.165) is 49.1 Å². The average Bonchev–Trinajstić information content (AvgIpc) is 3.18. The molecule has 0 aliphatic heterocycles. The molecule has 0 spiro atoms. The van der Waals surface area contributed by atoms with E-state index in [2.05, 4.69) is 31.0 Å². The standard InChI is InChI=1S/C26H37NO6/c1-5-13-30-24(26(28)29)16-32-22-8-6-7-21(14-22)31-15-23-18(4)33-25(27-23)20-11-9-19(10-12-20)17(2)3/h9-12,17,21-22,24H,5-8,13-16H2,1-4H3,(H,28,29). The van der Waals surface area contributed by atoms with Crippen LogP contribution in [-0.2, 0) is 25.6 Å². The fourth-order valence-corrected chi connectivity index (χ4v) is 3.97. The van der Waals surface area contributed by atoms with Crippen LogP contribution in [0.3, 0.4) is 0 Å². The van der Waals surface area contributed by atoms with Crippen LogP contribution in [0.4, 0.5) is 0 Å². The molecule has 3 rings (SSSR count). The Hall–Kier alpha value is -2.22. The maximum atomic E-state index is 11.3. The number of carbonyl (C=O) groups is 1. The smallest absolute Gasteiger partial charge is 0.335 e. The molecule has 2 aromatic rings. The lowest BCUT2D eigenvalue weighted by Gasteiger charge is -2.29. The first-order valence-corrected chi connectivity index (χ1v) is 12.0. The van der Waals surface area contributed by atoms with Gasteiger partial charge in [-0.2, -0.15) is 0 Å². The van der Waals surface area contributed by atoms with Gasteiger partial charge in [-0.05, 0) is 62.6 Å². The number of hydrogen-bond donors (Lipinski definition) is 1. The minimum Gasteiger partial charge on any atom is -0.479 e. The summed E-state index contributed by atoms with van der Waals surface area (Å²) >= 11 is 0. The van der Waals surface area contributed by atoms with E-state index in [1.54, 1.807) is 0 Å². The van der Waals surface area contributed by atoms with E-state index in [0.29, 0.717) is 25.0 Å². The number of aryl methyl sites for hydroxylation is 1. The van der Waals surface area contributed by atoms with Crippen LogP contribution in [0.25, 0.3) is 11.5 Å². The van der Waals surface area contributed by atoms with Gasteiger partial charge in [0.05, 0.1) is 25.4 Å². The van der Waals surface area contributed by atoms with E-state index in [1.165, 1.54) is 5.56 Å². The summed E-state index contributed by atoms with van der Waals surface area (Å²) in [5.41, 5.74) is 3.05. The van der Waals surface area contributed by atoms with Crippen LogP contribution in [0.1, 0.15) is 75.8 Å². The molecule has 1 heterocycles. The Morgan fingerprint density at radius 2 is 1.88 bits per heavy atom. The van der Waals surface area contributed by atoms with Gasteiger partial charge >= 0.3 is 5.97 Å². The molecular formula is C26H37NO6. The molecule has 3 unspecified atom stereocenters. The van der Waals surface area contributed by atoms with Crippen molar-refractivity contribution >= 4 is 5.97 Å². The highest BCUT2D eigenvalue weighted by Gasteiger charge is 2.26. The number of hydrogen-bond acceptors (Lipinski definition) is 6. The van der Waals surface area contributed by atoms with Gasteiger partial charge in [-0.1, -0.05) is 32.9 Å². The molecule has 33 heavy (non-hydrogen) atoms. The number of carboxylic acids is 1. The molecule has 1 fully saturated rings. The van der Waals surface area contributed by atoms with E-state index in [4.69, 9.17) is 18.6 Å². The van der Waals surface area contributed by atoms with Crippen LogP contribution in [0.15, 0.2) is 28.7 Å². The molecule has 7 heteroatoms. The predicted molar refractivity (Wildman–Crippen MR) is 125 cm³/mol. The van der Waals surface area contributed by atoms with Gasteiger partial charge in [-0.25, -0.2) is 9.78 Å². The molecule has 0 amide bonds. The highest BCUT2D eigenvalue weighted by Crippen LogP contribution is 2.27. The van der Waals surface area contributed by atoms with E-state index < -0.39 is 12.1 Å². The number of aliphatic carboxylic acids is 1. The minimum absolute atomic E-state index is 0.0238. The molecule has 0 saturated heterocycles. The fraction of sp³-hybridized carbons (Fsp3) is 0.615. The zero-order chi connectivity index (χ0) is 23.8. The maximum absolute atomic E-state index is 11.3. The van der Waals surface area contributed by atoms with Crippen molar-refractivity contribution in [2.75, 3.05) is 13.2 Å². The topological polar surface area (TPSA) is 91.0 Å². The second-order valence-corrected chi connectivity index (χ2v) is 9.05. The quantitative estimate of drug-likeness (QED) is 0.448. The second kappa shape index (κ2) is 12.3. The summed E-state index contributed by atoms with van der Waals surface area (Å²) in [7, 11) is 0. The first kappa shape index (κ1) is 25.4. The van der Waals surface area contributed by atoms with Gasteiger partial charge in [-0.3, -0.25) is 0 Å². The van der Waals surface area contributed by atoms with E-state index in [9.17, 15) is 9.90 Å². The Bertz CT molecular complexity index is 875. The molecule has 1 saturated carbocycles. The van der Waals surface area contributed by atoms with Crippen LogP contribution in [-0.4, -0.2) is 47.6 Å². The Balaban J connectivity index is 1.51. The number of oxazole rings is 1. The van der Waals surface area contributed by atoms with Gasteiger partial charge in [-0.15, -0.1) is 0 Å². The number of nitrogens with zero attached hydrogens (tertiary/aromatic N) is 1. The number of ether oxygens (including phenoxy) is 3. The maximum Gasteiger partial charge on any atom is 0.335 e. The summed E-state index contributed by atoms with van der Waals surface area (Å²) in [5.74, 6) is 0.872. The van der Waals surface area contributed by atoms with Crippen molar-refractivity contribution < 1.29 is 28.5 Å². The van der Waals surface area contributed by atoms with Crippen molar-refractivity contribution in [3.8, 4) is 11.5 Å². The highest BCUT2D eigenvalue weighted by atomic mass is 16.6. The summed E-state index contributed by atoms with van der Waals surface area (Å²) in [6.07, 6.45) is 3.45. The number of rotatable bonds is 12. The van der Waals surface area contributed by atoms with Crippen molar-refractivity contribution in [3.05, 3.63) is 41.3 Å². The fourth-order valence-electron chi connectivity index (χ4n) is 3.97. The van der Waals surface area contributed by atoms with Crippen LogP contribution in [0.5, 0.6) is 0 Å². The Labute approximate surface area is 196 Å². The third-order valence-electron chi connectivity index (χ3n) is 6.03. The Kier molecular flexibility index (Phi) is 9.47. The molecule has 1 aliphatic carbocycles. The van der Waals surface area contributed by atoms with E-state index >= 15 is 0 Å². The van der Waals surface area contributed by atoms with E-state index in [-0.39, 0.29) is 18.8 Å². The number of carboxylic acid groups (broad SMARTS) is 1.